The smallest absolute Gasteiger partial charge is 0.317 e. The summed E-state index contributed by atoms with van der Waals surface area (Å²) in [6.07, 6.45) is 1.74. The number of hydrogen-bond donors (Lipinski definition) is 1. The van der Waals surface area contributed by atoms with Gasteiger partial charge in [0.25, 0.3) is 5.69 Å². The Kier molecular flexibility index (Phi) is 5.92. The zero-order valence-corrected chi connectivity index (χ0v) is 13.7. The van der Waals surface area contributed by atoms with E-state index in [1.165, 1.54) is 12.1 Å². The molecule has 0 amide bonds. The molecule has 1 aromatic carbocycles. The van der Waals surface area contributed by atoms with Gasteiger partial charge < -0.3 is 5.11 Å². The summed E-state index contributed by atoms with van der Waals surface area (Å²) in [4.78, 5) is 25.2. The topological polar surface area (TPSA) is 86.9 Å². The van der Waals surface area contributed by atoms with Gasteiger partial charge in [0.05, 0.1) is 11.5 Å². The molecule has 0 aromatic heterocycles. The zero-order valence-electron chi connectivity index (χ0n) is 12.9. The number of piperidine rings is 1. The second-order valence-corrected chi connectivity index (χ2v) is 6.26. The van der Waals surface area contributed by atoms with Crippen molar-refractivity contribution < 1.29 is 14.8 Å². The second kappa shape index (κ2) is 7.72. The van der Waals surface area contributed by atoms with Gasteiger partial charge in [0, 0.05) is 29.7 Å². The van der Waals surface area contributed by atoms with E-state index in [-0.39, 0.29) is 18.3 Å². The molecule has 0 aliphatic carbocycles. The Bertz CT molecular complexity index is 588. The average Bonchev–Trinajstić information content (AvgIpc) is 2.49. The molecule has 126 valence electrons. The third kappa shape index (κ3) is 4.89. The van der Waals surface area contributed by atoms with Crippen LogP contribution in [0.2, 0.25) is 5.02 Å². The Morgan fingerprint density at radius 1 is 1.48 bits per heavy atom. The highest BCUT2D eigenvalue weighted by Crippen LogP contribution is 2.25. The first-order valence-electron chi connectivity index (χ1n) is 7.44. The summed E-state index contributed by atoms with van der Waals surface area (Å²) in [5, 5.41) is 20.2. The van der Waals surface area contributed by atoms with E-state index in [1.54, 1.807) is 6.07 Å². The molecule has 1 aromatic rings. The van der Waals surface area contributed by atoms with Crippen LogP contribution in [0.1, 0.15) is 18.4 Å². The number of likely N-dealkylation sites (tertiary alicyclic amines) is 1. The fourth-order valence-corrected chi connectivity index (χ4v) is 3.07. The van der Waals surface area contributed by atoms with E-state index in [1.807, 2.05) is 11.9 Å². The number of aliphatic carboxylic acids is 1. The number of nitro groups is 1. The Balaban J connectivity index is 1.93. The molecule has 1 aliphatic heterocycles. The number of carboxylic acids is 1. The van der Waals surface area contributed by atoms with Gasteiger partial charge in [-0.25, -0.2) is 0 Å². The van der Waals surface area contributed by atoms with Crippen LogP contribution < -0.4 is 0 Å². The number of carboxylic acid groups (broad SMARTS) is 1. The van der Waals surface area contributed by atoms with Gasteiger partial charge in [0.2, 0.25) is 0 Å². The maximum atomic E-state index is 10.9. The average molecular weight is 342 g/mol. The third-order valence-corrected chi connectivity index (χ3v) is 4.57. The minimum atomic E-state index is -0.821. The predicted molar refractivity (Wildman–Crippen MR) is 86.7 cm³/mol. The SMILES string of the molecule is CN(CC(=O)O)C1CCN(Cc2cc([N+](=O)[O-])ccc2Cl)CC1. The first-order chi connectivity index (χ1) is 10.9. The summed E-state index contributed by atoms with van der Waals surface area (Å²) in [6.45, 7) is 2.23. The molecule has 1 fully saturated rings. The first kappa shape index (κ1) is 17.7. The lowest BCUT2D eigenvalue weighted by molar-refractivity contribution is -0.384. The van der Waals surface area contributed by atoms with Crippen LogP contribution in [0.25, 0.3) is 0 Å². The van der Waals surface area contributed by atoms with Gasteiger partial charge in [-0.1, -0.05) is 11.6 Å². The van der Waals surface area contributed by atoms with Gasteiger partial charge >= 0.3 is 5.97 Å². The fraction of sp³-hybridized carbons (Fsp3) is 0.533. The Hall–Kier alpha value is -1.70. The van der Waals surface area contributed by atoms with E-state index >= 15 is 0 Å². The van der Waals surface area contributed by atoms with E-state index in [0.29, 0.717) is 11.6 Å². The monoisotopic (exact) mass is 341 g/mol. The van der Waals surface area contributed by atoms with Gasteiger partial charge in [-0.2, -0.15) is 0 Å². The maximum absolute atomic E-state index is 10.9. The van der Waals surface area contributed by atoms with Crippen molar-refractivity contribution >= 4 is 23.3 Å². The molecule has 0 radical (unpaired) electrons. The normalized spacial score (nSPS) is 16.7. The molecule has 1 N–H and O–H groups in total. The number of nitrogens with zero attached hydrogens (tertiary/aromatic N) is 3. The van der Waals surface area contributed by atoms with Crippen LogP contribution in [0, 0.1) is 10.1 Å². The number of carbonyl (C=O) groups is 1. The van der Waals surface area contributed by atoms with E-state index in [9.17, 15) is 14.9 Å². The van der Waals surface area contributed by atoms with Gasteiger partial charge in [-0.3, -0.25) is 24.7 Å². The highest BCUT2D eigenvalue weighted by Gasteiger charge is 2.24. The Labute approximate surface area is 139 Å². The molecule has 0 atom stereocenters. The summed E-state index contributed by atoms with van der Waals surface area (Å²) < 4.78 is 0. The predicted octanol–water partition coefficient (Wildman–Crippen LogP) is 2.23. The van der Waals surface area contributed by atoms with Crippen LogP contribution in [0.3, 0.4) is 0 Å². The van der Waals surface area contributed by atoms with Crippen LogP contribution in [-0.2, 0) is 11.3 Å². The van der Waals surface area contributed by atoms with Crippen molar-refractivity contribution in [3.05, 3.63) is 38.9 Å². The molecule has 23 heavy (non-hydrogen) atoms. The minimum absolute atomic E-state index is 0.0421. The molecule has 0 bridgehead atoms. The third-order valence-electron chi connectivity index (χ3n) is 4.20. The molecule has 2 rings (SSSR count). The van der Waals surface area contributed by atoms with Crippen LogP contribution in [-0.4, -0.2) is 58.5 Å². The van der Waals surface area contributed by atoms with Crippen molar-refractivity contribution in [1.82, 2.24) is 9.80 Å². The highest BCUT2D eigenvalue weighted by molar-refractivity contribution is 6.31. The number of benzene rings is 1. The fourth-order valence-electron chi connectivity index (χ4n) is 2.90. The van der Waals surface area contributed by atoms with Gasteiger partial charge in [0.1, 0.15) is 0 Å². The molecule has 1 heterocycles. The van der Waals surface area contributed by atoms with Gasteiger partial charge in [-0.15, -0.1) is 0 Å². The lowest BCUT2D eigenvalue weighted by Gasteiger charge is -2.36. The minimum Gasteiger partial charge on any atom is -0.480 e. The van der Waals surface area contributed by atoms with Crippen molar-refractivity contribution in [3.63, 3.8) is 0 Å². The number of nitro benzene ring substituents is 1. The summed E-state index contributed by atoms with van der Waals surface area (Å²) in [5.41, 5.74) is 0.790. The molecule has 7 nitrogen and oxygen atoms in total. The largest absolute Gasteiger partial charge is 0.480 e. The molecule has 0 saturated carbocycles. The zero-order chi connectivity index (χ0) is 17.0. The molecule has 8 heteroatoms. The van der Waals surface area contributed by atoms with Crippen molar-refractivity contribution in [1.29, 1.82) is 0 Å². The summed E-state index contributed by atoms with van der Waals surface area (Å²) in [5.74, 6) is -0.821. The van der Waals surface area contributed by atoms with Gasteiger partial charge in [0.15, 0.2) is 0 Å². The summed E-state index contributed by atoms with van der Waals surface area (Å²) >= 11 is 6.13. The van der Waals surface area contributed by atoms with Crippen molar-refractivity contribution in [2.24, 2.45) is 0 Å². The van der Waals surface area contributed by atoms with E-state index in [2.05, 4.69) is 4.90 Å². The highest BCUT2D eigenvalue weighted by atomic mass is 35.5. The van der Waals surface area contributed by atoms with E-state index in [0.717, 1.165) is 31.5 Å². The Morgan fingerprint density at radius 3 is 2.70 bits per heavy atom. The second-order valence-electron chi connectivity index (χ2n) is 5.85. The number of halogens is 1. The molecular weight excluding hydrogens is 322 g/mol. The molecular formula is C15H20ClN3O4. The number of rotatable bonds is 6. The standard InChI is InChI=1S/C15H20ClN3O4/c1-17(10-15(20)21)12-4-6-18(7-5-12)9-11-8-13(19(22)23)2-3-14(11)16/h2-3,8,12H,4-7,9-10H2,1H3,(H,20,21). The van der Waals surface area contributed by atoms with Crippen LogP contribution in [0.5, 0.6) is 0 Å². The van der Waals surface area contributed by atoms with Crippen molar-refractivity contribution in [3.8, 4) is 0 Å². The van der Waals surface area contributed by atoms with Gasteiger partial charge in [-0.05, 0) is 44.6 Å². The maximum Gasteiger partial charge on any atom is 0.317 e. The number of non-ortho nitro benzene ring substituents is 1. The van der Waals surface area contributed by atoms with Crippen LogP contribution in [0.15, 0.2) is 18.2 Å². The van der Waals surface area contributed by atoms with Crippen molar-refractivity contribution in [2.75, 3.05) is 26.7 Å². The molecule has 0 unspecified atom stereocenters. The number of hydrogen-bond acceptors (Lipinski definition) is 5. The lowest BCUT2D eigenvalue weighted by Crippen LogP contribution is -2.44. The number of likely N-dealkylation sites (N-methyl/N-ethyl adjacent to an activating group) is 1. The Morgan fingerprint density at radius 2 is 2.13 bits per heavy atom. The van der Waals surface area contributed by atoms with Crippen molar-refractivity contribution in [2.45, 2.75) is 25.4 Å². The van der Waals surface area contributed by atoms with E-state index in [4.69, 9.17) is 16.7 Å². The lowest BCUT2D eigenvalue weighted by atomic mass is 10.0. The van der Waals surface area contributed by atoms with Crippen LogP contribution in [0.4, 0.5) is 5.69 Å². The summed E-state index contributed by atoms with van der Waals surface area (Å²) in [7, 11) is 1.83. The molecule has 1 saturated heterocycles. The quantitative estimate of drug-likeness (QED) is 0.630. The first-order valence-corrected chi connectivity index (χ1v) is 7.82. The van der Waals surface area contributed by atoms with E-state index < -0.39 is 10.9 Å². The molecule has 1 aliphatic rings. The molecule has 0 spiro atoms. The van der Waals surface area contributed by atoms with Crippen LogP contribution >= 0.6 is 11.6 Å². The summed E-state index contributed by atoms with van der Waals surface area (Å²) in [6, 6.07) is 4.73.